The number of halogens is 2. The molecule has 1 aliphatic heterocycles. The van der Waals surface area contributed by atoms with Crippen LogP contribution in [0.1, 0.15) is 40.9 Å². The van der Waals surface area contributed by atoms with Gasteiger partial charge in [0.15, 0.2) is 0 Å². The minimum absolute atomic E-state index is 0. The van der Waals surface area contributed by atoms with Gasteiger partial charge in [-0.2, -0.15) is 0 Å². The van der Waals surface area contributed by atoms with Gasteiger partial charge in [0.25, 0.3) is 0 Å². The topological polar surface area (TPSA) is 103 Å². The highest BCUT2D eigenvalue weighted by atomic mass is 35.5. The van der Waals surface area contributed by atoms with Gasteiger partial charge in [0.2, 0.25) is 0 Å². The van der Waals surface area contributed by atoms with Gasteiger partial charge < -0.3 is 21.1 Å². The third-order valence-corrected chi connectivity index (χ3v) is 5.89. The standard InChI is InChI=1S/C19H23FN4O3S.ClH/c1-11-15(10-25)28-19(22-11)16(14-4-2-3-9-21-14)24-18(27)17(26)23-13-7-5-12(20)6-8-13;/h5-8,14,16,21,25H,2-4,9-10H2,1H3,(H,23,26)(H,24,27);1H. The van der Waals surface area contributed by atoms with E-state index in [0.29, 0.717) is 16.4 Å². The van der Waals surface area contributed by atoms with E-state index in [0.717, 1.165) is 30.7 Å². The number of aromatic nitrogens is 1. The molecule has 2 atom stereocenters. The van der Waals surface area contributed by atoms with Crippen LogP contribution in [0.5, 0.6) is 0 Å². The predicted molar refractivity (Wildman–Crippen MR) is 112 cm³/mol. The van der Waals surface area contributed by atoms with Crippen LogP contribution in [0.25, 0.3) is 0 Å². The molecule has 3 rings (SSSR count). The zero-order chi connectivity index (χ0) is 20.1. The molecular weight excluding hydrogens is 419 g/mol. The Morgan fingerprint density at radius 1 is 1.31 bits per heavy atom. The Morgan fingerprint density at radius 3 is 2.62 bits per heavy atom. The van der Waals surface area contributed by atoms with E-state index < -0.39 is 23.7 Å². The van der Waals surface area contributed by atoms with Gasteiger partial charge in [-0.1, -0.05) is 6.42 Å². The summed E-state index contributed by atoms with van der Waals surface area (Å²) < 4.78 is 13.0. The summed E-state index contributed by atoms with van der Waals surface area (Å²) in [5, 5.41) is 18.7. The summed E-state index contributed by atoms with van der Waals surface area (Å²) in [7, 11) is 0. The van der Waals surface area contributed by atoms with Gasteiger partial charge in [-0.25, -0.2) is 9.37 Å². The molecule has 29 heavy (non-hydrogen) atoms. The Bertz CT molecular complexity index is 840. The van der Waals surface area contributed by atoms with E-state index in [9.17, 15) is 19.1 Å². The third-order valence-electron chi connectivity index (χ3n) is 4.66. The number of anilines is 1. The average Bonchev–Trinajstić information content (AvgIpc) is 3.08. The molecule has 10 heteroatoms. The number of hydrogen-bond donors (Lipinski definition) is 4. The monoisotopic (exact) mass is 442 g/mol. The number of thiazole rings is 1. The number of nitrogens with zero attached hydrogens (tertiary/aromatic N) is 1. The maximum atomic E-state index is 13.0. The van der Waals surface area contributed by atoms with E-state index in [2.05, 4.69) is 20.9 Å². The van der Waals surface area contributed by atoms with Gasteiger partial charge >= 0.3 is 11.8 Å². The van der Waals surface area contributed by atoms with Crippen LogP contribution < -0.4 is 16.0 Å². The van der Waals surface area contributed by atoms with Crippen LogP contribution in [-0.4, -0.2) is 34.5 Å². The molecular formula is C19H24ClFN4O3S. The number of amides is 2. The Morgan fingerprint density at radius 2 is 2.03 bits per heavy atom. The number of hydrogen-bond acceptors (Lipinski definition) is 6. The molecule has 1 saturated heterocycles. The summed E-state index contributed by atoms with van der Waals surface area (Å²) >= 11 is 1.33. The first-order valence-electron chi connectivity index (χ1n) is 9.16. The highest BCUT2D eigenvalue weighted by molar-refractivity contribution is 7.11. The maximum Gasteiger partial charge on any atom is 0.313 e. The van der Waals surface area contributed by atoms with Gasteiger partial charge in [0, 0.05) is 11.7 Å². The van der Waals surface area contributed by atoms with Crippen molar-refractivity contribution < 1.29 is 19.1 Å². The first-order valence-corrected chi connectivity index (χ1v) is 9.97. The first kappa shape index (κ1) is 23.2. The number of aliphatic hydroxyl groups excluding tert-OH is 1. The molecule has 0 spiro atoms. The molecule has 4 N–H and O–H groups in total. The lowest BCUT2D eigenvalue weighted by molar-refractivity contribution is -0.136. The smallest absolute Gasteiger partial charge is 0.313 e. The number of piperidine rings is 1. The van der Waals surface area contributed by atoms with Gasteiger partial charge in [-0.15, -0.1) is 23.7 Å². The molecule has 0 radical (unpaired) electrons. The van der Waals surface area contributed by atoms with Gasteiger partial charge in [-0.05, 0) is 50.6 Å². The van der Waals surface area contributed by atoms with Crippen molar-refractivity contribution in [2.75, 3.05) is 11.9 Å². The number of benzene rings is 1. The lowest BCUT2D eigenvalue weighted by Crippen LogP contribution is -2.48. The van der Waals surface area contributed by atoms with Crippen LogP contribution >= 0.6 is 23.7 Å². The Kier molecular flexibility index (Phi) is 8.51. The SMILES string of the molecule is Cc1nc(C(NC(=O)C(=O)Nc2ccc(F)cc2)C2CCCCN2)sc1CO.Cl. The molecule has 1 fully saturated rings. The van der Waals surface area contributed by atoms with E-state index in [1.54, 1.807) is 6.92 Å². The molecule has 0 aliphatic carbocycles. The third kappa shape index (κ3) is 5.96. The van der Waals surface area contributed by atoms with E-state index in [-0.39, 0.29) is 25.1 Å². The predicted octanol–water partition coefficient (Wildman–Crippen LogP) is 2.44. The summed E-state index contributed by atoms with van der Waals surface area (Å²) in [4.78, 5) is 30.0. The minimum Gasteiger partial charge on any atom is -0.391 e. The van der Waals surface area contributed by atoms with Crippen molar-refractivity contribution >= 4 is 41.2 Å². The van der Waals surface area contributed by atoms with Crippen LogP contribution in [-0.2, 0) is 16.2 Å². The molecule has 2 heterocycles. The molecule has 0 bridgehead atoms. The van der Waals surface area contributed by atoms with Crippen LogP contribution in [0.2, 0.25) is 0 Å². The number of nitrogens with one attached hydrogen (secondary N) is 3. The van der Waals surface area contributed by atoms with Crippen molar-refractivity contribution in [1.29, 1.82) is 0 Å². The lowest BCUT2D eigenvalue weighted by atomic mass is 9.98. The van der Waals surface area contributed by atoms with Gasteiger partial charge in [0.1, 0.15) is 10.8 Å². The normalized spacial score (nSPS) is 17.1. The Balaban J connectivity index is 0.00000300. The van der Waals surface area contributed by atoms with Crippen molar-refractivity contribution in [2.45, 2.75) is 44.9 Å². The van der Waals surface area contributed by atoms with Crippen molar-refractivity contribution in [1.82, 2.24) is 15.6 Å². The number of carbonyl (C=O) groups excluding carboxylic acids is 2. The fraction of sp³-hybridized carbons (Fsp3) is 0.421. The van der Waals surface area contributed by atoms with Crippen molar-refractivity contribution in [3.8, 4) is 0 Å². The van der Waals surface area contributed by atoms with E-state index in [1.807, 2.05) is 0 Å². The Labute approximate surface area is 178 Å². The number of rotatable bonds is 5. The average molecular weight is 443 g/mol. The second kappa shape index (κ2) is 10.6. The quantitative estimate of drug-likeness (QED) is 0.532. The van der Waals surface area contributed by atoms with Crippen molar-refractivity contribution in [3.63, 3.8) is 0 Å². The molecule has 2 unspecified atom stereocenters. The Hall–Kier alpha value is -2.07. The molecule has 158 valence electrons. The van der Waals surface area contributed by atoms with Crippen LogP contribution in [0.3, 0.4) is 0 Å². The molecule has 2 aromatic rings. The van der Waals surface area contributed by atoms with Gasteiger partial charge in [0.05, 0.1) is 23.2 Å². The molecule has 1 aliphatic rings. The number of aliphatic hydroxyl groups is 1. The van der Waals surface area contributed by atoms with Crippen LogP contribution in [0.15, 0.2) is 24.3 Å². The first-order chi connectivity index (χ1) is 13.5. The highest BCUT2D eigenvalue weighted by Crippen LogP contribution is 2.29. The summed E-state index contributed by atoms with van der Waals surface area (Å²) in [5.74, 6) is -2.05. The highest BCUT2D eigenvalue weighted by Gasteiger charge is 2.31. The maximum absolute atomic E-state index is 13.0. The molecule has 0 saturated carbocycles. The fourth-order valence-corrected chi connectivity index (χ4v) is 4.20. The van der Waals surface area contributed by atoms with Crippen LogP contribution in [0.4, 0.5) is 10.1 Å². The zero-order valence-corrected chi connectivity index (χ0v) is 17.5. The molecule has 1 aromatic heterocycles. The van der Waals surface area contributed by atoms with E-state index >= 15 is 0 Å². The second-order valence-electron chi connectivity index (χ2n) is 6.69. The summed E-state index contributed by atoms with van der Waals surface area (Å²) in [6, 6.07) is 4.66. The minimum atomic E-state index is -0.830. The van der Waals surface area contributed by atoms with E-state index in [1.165, 1.54) is 35.6 Å². The fourth-order valence-electron chi connectivity index (χ4n) is 3.16. The lowest BCUT2D eigenvalue weighted by Gasteiger charge is -2.30. The number of carbonyl (C=O) groups is 2. The van der Waals surface area contributed by atoms with E-state index in [4.69, 9.17) is 0 Å². The second-order valence-corrected chi connectivity index (χ2v) is 7.80. The van der Waals surface area contributed by atoms with Crippen LogP contribution in [0, 0.1) is 12.7 Å². The summed E-state index contributed by atoms with van der Waals surface area (Å²) in [5.41, 5.74) is 1.05. The zero-order valence-electron chi connectivity index (χ0n) is 15.9. The van der Waals surface area contributed by atoms with Gasteiger partial charge in [-0.3, -0.25) is 9.59 Å². The summed E-state index contributed by atoms with van der Waals surface area (Å²) in [6.45, 7) is 2.52. The summed E-state index contributed by atoms with van der Waals surface area (Å²) in [6.07, 6.45) is 2.92. The number of aryl methyl sites for hydroxylation is 1. The largest absolute Gasteiger partial charge is 0.391 e. The molecule has 1 aromatic carbocycles. The molecule has 7 nitrogen and oxygen atoms in total. The molecule has 2 amide bonds. The van der Waals surface area contributed by atoms with Crippen molar-refractivity contribution in [2.24, 2.45) is 0 Å². The van der Waals surface area contributed by atoms with Crippen molar-refractivity contribution in [3.05, 3.63) is 45.7 Å².